The normalized spacial score (nSPS) is 10.0. The van der Waals surface area contributed by atoms with Crippen LogP contribution in [-0.4, -0.2) is 12.0 Å². The van der Waals surface area contributed by atoms with Crippen molar-refractivity contribution in [1.82, 2.24) is 4.98 Å². The average molecular weight is 292 g/mol. The number of nitrogens with zero attached hydrogens (tertiary/aromatic N) is 3. The van der Waals surface area contributed by atoms with Gasteiger partial charge >= 0.3 is 0 Å². The van der Waals surface area contributed by atoms with Gasteiger partial charge in [-0.25, -0.2) is 4.98 Å². The summed E-state index contributed by atoms with van der Waals surface area (Å²) in [7, 11) is 1.93. The molecule has 0 spiro atoms. The monoisotopic (exact) mass is 291 g/mol. The lowest BCUT2D eigenvalue weighted by atomic mass is 10.2. The van der Waals surface area contributed by atoms with E-state index in [9.17, 15) is 0 Å². The molecule has 0 aliphatic rings. The Bertz CT molecular complexity index is 635. The largest absolute Gasteiger partial charge is 0.370 e. The topological polar surface area (TPSA) is 39.9 Å². The molecule has 0 amide bonds. The fraction of sp³-hybridized carbons (Fsp3) is 0.143. The maximum atomic E-state index is 8.89. The van der Waals surface area contributed by atoms with Crippen LogP contribution in [0.4, 0.5) is 5.69 Å². The molecule has 0 saturated carbocycles. The molecule has 19 heavy (non-hydrogen) atoms. The summed E-state index contributed by atoms with van der Waals surface area (Å²) in [5, 5.41) is 9.86. The van der Waals surface area contributed by atoms with Crippen LogP contribution in [0.2, 0.25) is 10.2 Å². The van der Waals surface area contributed by atoms with Crippen LogP contribution in [0.3, 0.4) is 0 Å². The van der Waals surface area contributed by atoms with Gasteiger partial charge < -0.3 is 4.90 Å². The third-order valence-corrected chi connectivity index (χ3v) is 3.28. The molecule has 0 fully saturated rings. The van der Waals surface area contributed by atoms with Crippen molar-refractivity contribution < 1.29 is 0 Å². The molecule has 5 heteroatoms. The molecule has 0 aliphatic carbocycles. The van der Waals surface area contributed by atoms with E-state index in [4.69, 9.17) is 28.5 Å². The Hall–Kier alpha value is -1.76. The van der Waals surface area contributed by atoms with Gasteiger partial charge in [-0.2, -0.15) is 5.26 Å². The highest BCUT2D eigenvalue weighted by molar-refractivity contribution is 6.34. The number of aromatic nitrogens is 1. The summed E-state index contributed by atoms with van der Waals surface area (Å²) in [5.74, 6) is 0. The number of hydrogen-bond acceptors (Lipinski definition) is 3. The summed E-state index contributed by atoms with van der Waals surface area (Å²) in [4.78, 5) is 6.02. The zero-order chi connectivity index (χ0) is 13.8. The molecule has 3 nitrogen and oxygen atoms in total. The predicted molar refractivity (Wildman–Crippen MR) is 77.5 cm³/mol. The van der Waals surface area contributed by atoms with Crippen LogP contribution in [0.5, 0.6) is 0 Å². The summed E-state index contributed by atoms with van der Waals surface area (Å²) in [6, 6.07) is 11.1. The van der Waals surface area contributed by atoms with Crippen LogP contribution in [-0.2, 0) is 6.54 Å². The minimum atomic E-state index is 0.378. The quantitative estimate of drug-likeness (QED) is 0.805. The van der Waals surface area contributed by atoms with Crippen molar-refractivity contribution in [2.75, 3.05) is 11.9 Å². The van der Waals surface area contributed by atoms with E-state index in [0.717, 1.165) is 11.3 Å². The summed E-state index contributed by atoms with van der Waals surface area (Å²) in [6.07, 6.45) is 1.66. The smallest absolute Gasteiger partial charge is 0.130 e. The van der Waals surface area contributed by atoms with Gasteiger partial charge in [0.1, 0.15) is 5.15 Å². The summed E-state index contributed by atoms with van der Waals surface area (Å²) in [5.41, 5.74) is 2.46. The summed E-state index contributed by atoms with van der Waals surface area (Å²) >= 11 is 11.9. The van der Waals surface area contributed by atoms with Gasteiger partial charge in [-0.3, -0.25) is 0 Å². The molecule has 1 heterocycles. The first-order valence-corrected chi connectivity index (χ1v) is 6.37. The Labute approximate surface area is 122 Å². The number of halogens is 2. The zero-order valence-corrected chi connectivity index (χ0v) is 11.8. The van der Waals surface area contributed by atoms with Crippen molar-refractivity contribution in [1.29, 1.82) is 5.26 Å². The number of hydrogen-bond donors (Lipinski definition) is 0. The molecule has 0 saturated heterocycles. The van der Waals surface area contributed by atoms with E-state index in [0.29, 0.717) is 22.3 Å². The zero-order valence-electron chi connectivity index (χ0n) is 10.3. The van der Waals surface area contributed by atoms with Gasteiger partial charge in [0.25, 0.3) is 0 Å². The van der Waals surface area contributed by atoms with E-state index in [1.165, 1.54) is 0 Å². The highest BCUT2D eigenvalue weighted by atomic mass is 35.5. The highest BCUT2D eigenvalue weighted by Crippen LogP contribution is 2.22. The van der Waals surface area contributed by atoms with Gasteiger partial charge in [-0.15, -0.1) is 0 Å². The van der Waals surface area contributed by atoms with Crippen LogP contribution in [0.25, 0.3) is 0 Å². The Morgan fingerprint density at radius 1 is 1.32 bits per heavy atom. The lowest BCUT2D eigenvalue weighted by Crippen LogP contribution is -2.16. The van der Waals surface area contributed by atoms with Gasteiger partial charge in [0.15, 0.2) is 0 Å². The minimum Gasteiger partial charge on any atom is -0.370 e. The molecule has 96 valence electrons. The summed E-state index contributed by atoms with van der Waals surface area (Å²) in [6.45, 7) is 0.595. The molecule has 0 bridgehead atoms. The summed E-state index contributed by atoms with van der Waals surface area (Å²) < 4.78 is 0. The van der Waals surface area contributed by atoms with Crippen molar-refractivity contribution >= 4 is 28.9 Å². The predicted octanol–water partition coefficient (Wildman–Crippen LogP) is 3.90. The SMILES string of the molecule is CN(Cc1cnc(Cl)cc1Cl)c1cccc(C#N)c1. The van der Waals surface area contributed by atoms with Gasteiger partial charge in [0, 0.05) is 31.0 Å². The van der Waals surface area contributed by atoms with Crippen LogP contribution in [0.1, 0.15) is 11.1 Å². The van der Waals surface area contributed by atoms with E-state index in [1.807, 2.05) is 30.1 Å². The molecular formula is C14H11Cl2N3. The van der Waals surface area contributed by atoms with Crippen molar-refractivity contribution in [2.45, 2.75) is 6.54 Å². The molecule has 2 aromatic rings. The molecule has 0 aliphatic heterocycles. The van der Waals surface area contributed by atoms with Crippen molar-refractivity contribution in [2.24, 2.45) is 0 Å². The van der Waals surface area contributed by atoms with Crippen molar-refractivity contribution in [3.63, 3.8) is 0 Å². The molecule has 0 N–H and O–H groups in total. The Morgan fingerprint density at radius 2 is 2.11 bits per heavy atom. The second-order valence-electron chi connectivity index (χ2n) is 4.12. The first kappa shape index (κ1) is 13.7. The van der Waals surface area contributed by atoms with Gasteiger partial charge in [-0.1, -0.05) is 29.3 Å². The van der Waals surface area contributed by atoms with E-state index in [2.05, 4.69) is 11.1 Å². The first-order chi connectivity index (χ1) is 9.10. The van der Waals surface area contributed by atoms with Crippen molar-refractivity contribution in [3.05, 3.63) is 57.8 Å². The van der Waals surface area contributed by atoms with Crippen LogP contribution in [0, 0.1) is 11.3 Å². The fourth-order valence-electron chi connectivity index (χ4n) is 1.71. The molecular weight excluding hydrogens is 281 g/mol. The molecule has 1 aromatic heterocycles. The lowest BCUT2D eigenvalue weighted by Gasteiger charge is -2.20. The molecule has 0 unspecified atom stereocenters. The Morgan fingerprint density at radius 3 is 2.79 bits per heavy atom. The van der Waals surface area contributed by atoms with Crippen LogP contribution < -0.4 is 4.90 Å². The fourth-order valence-corrected chi connectivity index (χ4v) is 2.14. The molecule has 1 aromatic carbocycles. The highest BCUT2D eigenvalue weighted by Gasteiger charge is 2.07. The molecule has 2 rings (SSSR count). The lowest BCUT2D eigenvalue weighted by molar-refractivity contribution is 0.915. The van der Waals surface area contributed by atoms with E-state index in [1.54, 1.807) is 18.3 Å². The standard InChI is InChI=1S/C14H11Cl2N3/c1-19(12-4-2-3-10(5-12)7-17)9-11-8-18-14(16)6-13(11)15/h2-6,8H,9H2,1H3. The number of anilines is 1. The number of nitriles is 1. The third kappa shape index (κ3) is 3.37. The minimum absolute atomic E-state index is 0.378. The Kier molecular flexibility index (Phi) is 4.26. The van der Waals surface area contributed by atoms with E-state index in [-0.39, 0.29) is 0 Å². The number of benzene rings is 1. The Balaban J connectivity index is 2.20. The van der Waals surface area contributed by atoms with E-state index >= 15 is 0 Å². The second kappa shape index (κ2) is 5.92. The van der Waals surface area contributed by atoms with Crippen LogP contribution in [0.15, 0.2) is 36.5 Å². The third-order valence-electron chi connectivity index (χ3n) is 2.72. The van der Waals surface area contributed by atoms with Crippen LogP contribution >= 0.6 is 23.2 Å². The van der Waals surface area contributed by atoms with Gasteiger partial charge in [0.2, 0.25) is 0 Å². The molecule has 0 atom stereocenters. The maximum absolute atomic E-state index is 8.89. The number of pyridine rings is 1. The molecule has 0 radical (unpaired) electrons. The second-order valence-corrected chi connectivity index (χ2v) is 4.91. The number of rotatable bonds is 3. The maximum Gasteiger partial charge on any atom is 0.130 e. The van der Waals surface area contributed by atoms with Gasteiger partial charge in [0.05, 0.1) is 16.7 Å². The average Bonchev–Trinajstić information content (AvgIpc) is 2.42. The van der Waals surface area contributed by atoms with Gasteiger partial charge in [-0.05, 0) is 24.3 Å². The van der Waals surface area contributed by atoms with Crippen molar-refractivity contribution in [3.8, 4) is 6.07 Å². The van der Waals surface area contributed by atoms with E-state index < -0.39 is 0 Å². The first-order valence-electron chi connectivity index (χ1n) is 5.61.